The SMILES string of the molecule is COCc1nc(-c2ccc(C)c(Cl)c2)nc(Cl)c1Br. The minimum absolute atomic E-state index is 0.355. The van der Waals surface area contributed by atoms with Crippen LogP contribution in [0.15, 0.2) is 22.7 Å². The van der Waals surface area contributed by atoms with Crippen LogP contribution < -0.4 is 0 Å². The molecule has 1 aromatic heterocycles. The summed E-state index contributed by atoms with van der Waals surface area (Å²) in [7, 11) is 1.60. The zero-order valence-corrected chi connectivity index (χ0v) is 13.5. The topological polar surface area (TPSA) is 35.0 Å². The Bertz CT molecular complexity index is 620. The monoisotopic (exact) mass is 360 g/mol. The van der Waals surface area contributed by atoms with E-state index in [9.17, 15) is 0 Å². The highest BCUT2D eigenvalue weighted by Gasteiger charge is 2.12. The molecule has 100 valence electrons. The molecule has 1 heterocycles. The van der Waals surface area contributed by atoms with Gasteiger partial charge in [0.25, 0.3) is 0 Å². The molecular weight excluding hydrogens is 351 g/mol. The molecule has 0 unspecified atom stereocenters. The van der Waals surface area contributed by atoms with Crippen LogP contribution in [0, 0.1) is 6.92 Å². The van der Waals surface area contributed by atoms with E-state index in [4.69, 9.17) is 27.9 Å². The smallest absolute Gasteiger partial charge is 0.161 e. The molecule has 0 fully saturated rings. The summed E-state index contributed by atoms with van der Waals surface area (Å²) in [5.74, 6) is 0.530. The molecule has 0 N–H and O–H groups in total. The lowest BCUT2D eigenvalue weighted by Crippen LogP contribution is -2.00. The molecule has 3 nitrogen and oxygen atoms in total. The van der Waals surface area contributed by atoms with Crippen molar-refractivity contribution < 1.29 is 4.74 Å². The Morgan fingerprint density at radius 3 is 2.63 bits per heavy atom. The van der Waals surface area contributed by atoms with Crippen LogP contribution in [0.2, 0.25) is 10.2 Å². The van der Waals surface area contributed by atoms with E-state index in [1.807, 2.05) is 25.1 Å². The van der Waals surface area contributed by atoms with Crippen molar-refractivity contribution in [3.63, 3.8) is 0 Å². The van der Waals surface area contributed by atoms with Gasteiger partial charge in [0, 0.05) is 17.7 Å². The van der Waals surface area contributed by atoms with Gasteiger partial charge in [-0.05, 0) is 34.5 Å². The number of aromatic nitrogens is 2. The lowest BCUT2D eigenvalue weighted by atomic mass is 10.1. The van der Waals surface area contributed by atoms with E-state index in [1.54, 1.807) is 7.11 Å². The van der Waals surface area contributed by atoms with Crippen molar-refractivity contribution in [2.45, 2.75) is 13.5 Å². The lowest BCUT2D eigenvalue weighted by Gasteiger charge is -2.08. The molecule has 0 radical (unpaired) electrons. The summed E-state index contributed by atoms with van der Waals surface area (Å²) in [6, 6.07) is 5.66. The van der Waals surface area contributed by atoms with Crippen molar-refractivity contribution in [3.8, 4) is 11.4 Å². The summed E-state index contributed by atoms with van der Waals surface area (Å²) in [6.45, 7) is 2.30. The van der Waals surface area contributed by atoms with E-state index in [-0.39, 0.29) is 0 Å². The van der Waals surface area contributed by atoms with E-state index in [0.29, 0.717) is 32.8 Å². The first-order valence-electron chi connectivity index (χ1n) is 5.50. The van der Waals surface area contributed by atoms with Crippen molar-refractivity contribution in [3.05, 3.63) is 44.1 Å². The molecule has 2 aromatic rings. The van der Waals surface area contributed by atoms with E-state index < -0.39 is 0 Å². The zero-order chi connectivity index (χ0) is 14.0. The van der Waals surface area contributed by atoms with E-state index in [1.165, 1.54) is 0 Å². The first-order valence-corrected chi connectivity index (χ1v) is 7.05. The van der Waals surface area contributed by atoms with Crippen LogP contribution in [0.1, 0.15) is 11.3 Å². The predicted molar refractivity (Wildman–Crippen MR) is 80.6 cm³/mol. The minimum Gasteiger partial charge on any atom is -0.378 e. The number of hydrogen-bond donors (Lipinski definition) is 0. The largest absolute Gasteiger partial charge is 0.378 e. The molecule has 0 spiro atoms. The van der Waals surface area contributed by atoms with Gasteiger partial charge in [-0.2, -0.15) is 0 Å². The van der Waals surface area contributed by atoms with Crippen LogP contribution in [-0.2, 0) is 11.3 Å². The van der Waals surface area contributed by atoms with Crippen LogP contribution >= 0.6 is 39.1 Å². The highest BCUT2D eigenvalue weighted by atomic mass is 79.9. The molecule has 6 heteroatoms. The summed E-state index contributed by atoms with van der Waals surface area (Å²) < 4.78 is 5.74. The molecule has 0 atom stereocenters. The van der Waals surface area contributed by atoms with Crippen molar-refractivity contribution in [2.75, 3.05) is 7.11 Å². The maximum Gasteiger partial charge on any atom is 0.161 e. The summed E-state index contributed by atoms with van der Waals surface area (Å²) in [4.78, 5) is 8.69. The molecular formula is C13H11BrCl2N2O. The van der Waals surface area contributed by atoms with E-state index in [0.717, 1.165) is 11.1 Å². The summed E-state index contributed by atoms with van der Waals surface area (Å²) in [6.07, 6.45) is 0. The van der Waals surface area contributed by atoms with Crippen LogP contribution in [0.25, 0.3) is 11.4 Å². The maximum absolute atomic E-state index is 6.11. The van der Waals surface area contributed by atoms with Gasteiger partial charge in [-0.25, -0.2) is 9.97 Å². The van der Waals surface area contributed by atoms with Crippen molar-refractivity contribution >= 4 is 39.1 Å². The number of nitrogens with zero attached hydrogens (tertiary/aromatic N) is 2. The quantitative estimate of drug-likeness (QED) is 0.745. The van der Waals surface area contributed by atoms with Crippen LogP contribution in [0.5, 0.6) is 0 Å². The van der Waals surface area contributed by atoms with Crippen molar-refractivity contribution in [1.82, 2.24) is 9.97 Å². The van der Waals surface area contributed by atoms with Gasteiger partial charge >= 0.3 is 0 Å². The van der Waals surface area contributed by atoms with Gasteiger partial charge in [-0.3, -0.25) is 0 Å². The fourth-order valence-electron chi connectivity index (χ4n) is 1.56. The number of rotatable bonds is 3. The Balaban J connectivity index is 2.52. The Labute approximate surface area is 130 Å². The van der Waals surface area contributed by atoms with E-state index in [2.05, 4.69) is 25.9 Å². The Morgan fingerprint density at radius 1 is 1.26 bits per heavy atom. The van der Waals surface area contributed by atoms with Crippen LogP contribution in [0.4, 0.5) is 0 Å². The van der Waals surface area contributed by atoms with Crippen LogP contribution in [-0.4, -0.2) is 17.1 Å². The highest BCUT2D eigenvalue weighted by Crippen LogP contribution is 2.29. The molecule has 0 aliphatic rings. The number of hydrogen-bond acceptors (Lipinski definition) is 3. The number of methoxy groups -OCH3 is 1. The van der Waals surface area contributed by atoms with Gasteiger partial charge in [0.1, 0.15) is 5.15 Å². The molecule has 2 rings (SSSR count). The average molecular weight is 362 g/mol. The molecule has 0 amide bonds. The second kappa shape index (κ2) is 6.18. The Kier molecular flexibility index (Phi) is 4.79. The summed E-state index contributed by atoms with van der Waals surface area (Å²) >= 11 is 15.6. The molecule has 0 bridgehead atoms. The van der Waals surface area contributed by atoms with Gasteiger partial charge < -0.3 is 4.74 Å². The first kappa shape index (κ1) is 14.7. The summed E-state index contributed by atoms with van der Waals surface area (Å²) in [5.41, 5.74) is 2.53. The highest BCUT2D eigenvalue weighted by molar-refractivity contribution is 9.10. The molecule has 1 aromatic carbocycles. The zero-order valence-electron chi connectivity index (χ0n) is 10.4. The van der Waals surface area contributed by atoms with Gasteiger partial charge in [0.2, 0.25) is 0 Å². The van der Waals surface area contributed by atoms with Crippen molar-refractivity contribution in [2.24, 2.45) is 0 Å². The second-order valence-electron chi connectivity index (χ2n) is 4.00. The van der Waals surface area contributed by atoms with Gasteiger partial charge in [0.15, 0.2) is 5.82 Å². The van der Waals surface area contributed by atoms with Gasteiger partial charge in [0.05, 0.1) is 16.8 Å². The number of halogens is 3. The Hall–Kier alpha value is -0.680. The Morgan fingerprint density at radius 2 is 2.00 bits per heavy atom. The minimum atomic E-state index is 0.355. The fraction of sp³-hybridized carbons (Fsp3) is 0.231. The second-order valence-corrected chi connectivity index (χ2v) is 5.55. The molecule has 0 aliphatic carbocycles. The predicted octanol–water partition coefficient (Wildman–Crippen LogP) is 4.67. The molecule has 0 aliphatic heterocycles. The molecule has 0 saturated carbocycles. The molecule has 0 saturated heterocycles. The first-order chi connectivity index (χ1) is 9.02. The maximum atomic E-state index is 6.11. The number of benzene rings is 1. The molecule has 19 heavy (non-hydrogen) atoms. The van der Waals surface area contributed by atoms with Gasteiger partial charge in [-0.15, -0.1) is 0 Å². The number of ether oxygens (including phenoxy) is 1. The van der Waals surface area contributed by atoms with E-state index >= 15 is 0 Å². The van der Waals surface area contributed by atoms with Gasteiger partial charge in [-0.1, -0.05) is 35.3 Å². The fourth-order valence-corrected chi connectivity index (χ4v) is 2.22. The van der Waals surface area contributed by atoms with Crippen molar-refractivity contribution in [1.29, 1.82) is 0 Å². The summed E-state index contributed by atoms with van der Waals surface area (Å²) in [5, 5.41) is 1.03. The number of aryl methyl sites for hydroxylation is 1. The third-order valence-electron chi connectivity index (χ3n) is 2.59. The standard InChI is InChI=1S/C13H11BrCl2N2O/c1-7-3-4-8(5-9(7)15)13-17-10(6-19-2)11(14)12(16)18-13/h3-5H,6H2,1-2H3. The third kappa shape index (κ3) is 3.26. The lowest BCUT2D eigenvalue weighted by molar-refractivity contribution is 0.181. The average Bonchev–Trinajstić information content (AvgIpc) is 2.38. The van der Waals surface area contributed by atoms with Crippen LogP contribution in [0.3, 0.4) is 0 Å². The normalized spacial score (nSPS) is 10.8. The third-order valence-corrected chi connectivity index (χ3v) is 4.33.